The van der Waals surface area contributed by atoms with E-state index >= 15 is 0 Å². The maximum absolute atomic E-state index is 12.2. The maximum atomic E-state index is 12.2. The minimum atomic E-state index is -1.29. The van der Waals surface area contributed by atoms with E-state index in [0.717, 1.165) is 19.3 Å². The summed E-state index contributed by atoms with van der Waals surface area (Å²) in [6.45, 7) is 3.07. The Kier molecular flexibility index (Phi) is 6.80. The Hall–Kier alpha value is -1.63. The highest BCUT2D eigenvalue weighted by Gasteiger charge is 2.49. The van der Waals surface area contributed by atoms with Gasteiger partial charge < -0.3 is 20.3 Å². The number of esters is 2. The van der Waals surface area contributed by atoms with E-state index in [1.807, 2.05) is 6.92 Å². The van der Waals surface area contributed by atoms with Crippen LogP contribution in [0.15, 0.2) is 0 Å². The van der Waals surface area contributed by atoms with Gasteiger partial charge in [-0.05, 0) is 19.3 Å². The van der Waals surface area contributed by atoms with E-state index in [2.05, 4.69) is 0 Å². The molecule has 0 spiro atoms. The van der Waals surface area contributed by atoms with Crippen LogP contribution < -0.4 is 5.73 Å². The third kappa shape index (κ3) is 4.43. The third-order valence-corrected chi connectivity index (χ3v) is 4.09. The van der Waals surface area contributed by atoms with Gasteiger partial charge in [0.1, 0.15) is 6.04 Å². The first-order valence-corrected chi connectivity index (χ1v) is 7.70. The van der Waals surface area contributed by atoms with Crippen molar-refractivity contribution in [3.63, 3.8) is 0 Å². The summed E-state index contributed by atoms with van der Waals surface area (Å²) in [5, 5.41) is 9.52. The number of aliphatic carboxylic acids is 1. The Labute approximate surface area is 130 Å². The van der Waals surface area contributed by atoms with Gasteiger partial charge in [0, 0.05) is 13.3 Å². The lowest BCUT2D eigenvalue weighted by atomic mass is 9.69. The van der Waals surface area contributed by atoms with Gasteiger partial charge in [0.05, 0.1) is 5.41 Å². The summed E-state index contributed by atoms with van der Waals surface area (Å²) in [5.74, 6) is -2.47. The fraction of sp³-hybridized carbons (Fsp3) is 0.800. The van der Waals surface area contributed by atoms with Gasteiger partial charge in [-0.2, -0.15) is 0 Å². The van der Waals surface area contributed by atoms with E-state index in [4.69, 9.17) is 15.2 Å². The molecule has 0 aromatic heterocycles. The molecule has 0 aliphatic heterocycles. The van der Waals surface area contributed by atoms with Crippen LogP contribution in [-0.4, -0.2) is 35.3 Å². The minimum absolute atomic E-state index is 0.345. The second kappa shape index (κ2) is 8.12. The van der Waals surface area contributed by atoms with Crippen LogP contribution in [0.4, 0.5) is 0 Å². The zero-order chi connectivity index (χ0) is 16.8. The average Bonchev–Trinajstić information content (AvgIpc) is 2.46. The first kappa shape index (κ1) is 18.4. The normalized spacial score (nSPS) is 19.8. The van der Waals surface area contributed by atoms with Crippen LogP contribution >= 0.6 is 0 Å². The van der Waals surface area contributed by atoms with Gasteiger partial charge in [-0.3, -0.25) is 14.4 Å². The molecule has 1 fully saturated rings. The zero-order valence-corrected chi connectivity index (χ0v) is 13.2. The van der Waals surface area contributed by atoms with Crippen molar-refractivity contribution in [2.75, 3.05) is 0 Å². The molecule has 0 radical (unpaired) electrons. The number of carboxylic acids is 1. The Bertz CT molecular complexity index is 416. The lowest BCUT2D eigenvalue weighted by molar-refractivity contribution is -0.192. The Morgan fingerprint density at radius 3 is 2.23 bits per heavy atom. The van der Waals surface area contributed by atoms with Crippen LogP contribution in [0.5, 0.6) is 0 Å². The predicted molar refractivity (Wildman–Crippen MR) is 77.7 cm³/mol. The molecule has 1 rings (SSSR count). The van der Waals surface area contributed by atoms with Crippen molar-refractivity contribution in [1.82, 2.24) is 0 Å². The van der Waals surface area contributed by atoms with E-state index in [0.29, 0.717) is 25.7 Å². The summed E-state index contributed by atoms with van der Waals surface area (Å²) >= 11 is 0. The molecule has 2 unspecified atom stereocenters. The smallest absolute Gasteiger partial charge is 0.327 e. The monoisotopic (exact) mass is 315 g/mol. The number of nitrogens with two attached hydrogens (primary N) is 1. The molecule has 7 nitrogen and oxygen atoms in total. The van der Waals surface area contributed by atoms with Gasteiger partial charge >= 0.3 is 17.9 Å². The number of ether oxygens (including phenoxy) is 2. The van der Waals surface area contributed by atoms with Gasteiger partial charge in [0.15, 0.2) is 0 Å². The van der Waals surface area contributed by atoms with Crippen LogP contribution in [0.3, 0.4) is 0 Å². The average molecular weight is 315 g/mol. The van der Waals surface area contributed by atoms with Crippen LogP contribution in [0, 0.1) is 5.41 Å². The molecular weight excluding hydrogens is 290 g/mol. The Balaban J connectivity index is 2.80. The SMILES string of the molecule is CCCC(OC(C)=O)OC(=O)C(N)C1(C(=O)O)CCCCC1. The van der Waals surface area contributed by atoms with E-state index < -0.39 is 35.7 Å². The highest BCUT2D eigenvalue weighted by molar-refractivity contribution is 5.87. The van der Waals surface area contributed by atoms with Crippen LogP contribution in [0.25, 0.3) is 0 Å². The van der Waals surface area contributed by atoms with E-state index in [9.17, 15) is 19.5 Å². The highest BCUT2D eigenvalue weighted by Crippen LogP contribution is 2.39. The van der Waals surface area contributed by atoms with Crippen molar-refractivity contribution in [1.29, 1.82) is 0 Å². The summed E-state index contributed by atoms with van der Waals surface area (Å²) in [6.07, 6.45) is 3.04. The molecule has 3 N–H and O–H groups in total. The largest absolute Gasteiger partial charge is 0.481 e. The van der Waals surface area contributed by atoms with Gasteiger partial charge in [0.25, 0.3) is 0 Å². The summed E-state index contributed by atoms with van der Waals surface area (Å²) in [5.41, 5.74) is 4.62. The first-order chi connectivity index (χ1) is 10.3. The van der Waals surface area contributed by atoms with Crippen LogP contribution in [0.1, 0.15) is 58.8 Å². The number of hydrogen-bond acceptors (Lipinski definition) is 6. The van der Waals surface area contributed by atoms with Crippen molar-refractivity contribution < 1.29 is 29.0 Å². The van der Waals surface area contributed by atoms with Gasteiger partial charge in [-0.1, -0.05) is 26.2 Å². The minimum Gasteiger partial charge on any atom is -0.481 e. The van der Waals surface area contributed by atoms with Gasteiger partial charge in [-0.15, -0.1) is 0 Å². The molecule has 0 bridgehead atoms. The third-order valence-electron chi connectivity index (χ3n) is 4.09. The Morgan fingerprint density at radius 1 is 1.18 bits per heavy atom. The molecule has 1 saturated carbocycles. The van der Waals surface area contributed by atoms with Crippen molar-refractivity contribution in [2.45, 2.75) is 71.1 Å². The fourth-order valence-corrected chi connectivity index (χ4v) is 2.83. The molecule has 0 heterocycles. The van der Waals surface area contributed by atoms with Crippen molar-refractivity contribution in [3.8, 4) is 0 Å². The molecule has 1 aliphatic carbocycles. The molecule has 0 aromatic rings. The molecule has 7 heteroatoms. The molecule has 2 atom stereocenters. The van der Waals surface area contributed by atoms with Gasteiger partial charge in [0.2, 0.25) is 6.29 Å². The topological polar surface area (TPSA) is 116 Å². The zero-order valence-electron chi connectivity index (χ0n) is 13.2. The first-order valence-electron chi connectivity index (χ1n) is 7.70. The molecule has 0 amide bonds. The molecule has 1 aliphatic rings. The number of hydrogen-bond donors (Lipinski definition) is 2. The van der Waals surface area contributed by atoms with Gasteiger partial charge in [-0.25, -0.2) is 0 Å². The van der Waals surface area contributed by atoms with Crippen molar-refractivity contribution in [2.24, 2.45) is 11.1 Å². The number of carboxylic acid groups (broad SMARTS) is 1. The molecular formula is C15H25NO6. The standard InChI is InChI=1S/C15H25NO6/c1-3-7-11(21-10(2)17)22-13(18)12(16)15(14(19)20)8-5-4-6-9-15/h11-12H,3-9,16H2,1-2H3,(H,19,20). The van der Waals surface area contributed by atoms with E-state index in [1.165, 1.54) is 6.92 Å². The predicted octanol–water partition coefficient (Wildman–Crippen LogP) is 1.58. The maximum Gasteiger partial charge on any atom is 0.327 e. The number of carbonyl (C=O) groups excluding carboxylic acids is 2. The second-order valence-electron chi connectivity index (χ2n) is 5.76. The van der Waals surface area contributed by atoms with Crippen molar-refractivity contribution in [3.05, 3.63) is 0 Å². The van der Waals surface area contributed by atoms with E-state index in [-0.39, 0.29) is 0 Å². The second-order valence-corrected chi connectivity index (χ2v) is 5.76. The van der Waals surface area contributed by atoms with Crippen molar-refractivity contribution >= 4 is 17.9 Å². The summed E-state index contributed by atoms with van der Waals surface area (Å²) in [4.78, 5) is 34.9. The molecule has 0 saturated heterocycles. The summed E-state index contributed by atoms with van der Waals surface area (Å²) < 4.78 is 10.0. The quantitative estimate of drug-likeness (QED) is 0.541. The Morgan fingerprint density at radius 2 is 1.77 bits per heavy atom. The highest BCUT2D eigenvalue weighted by atomic mass is 16.7. The van der Waals surface area contributed by atoms with E-state index in [1.54, 1.807) is 0 Å². The lowest BCUT2D eigenvalue weighted by Gasteiger charge is -2.37. The van der Waals surface area contributed by atoms with Crippen LogP contribution in [0.2, 0.25) is 0 Å². The molecule has 22 heavy (non-hydrogen) atoms. The number of rotatable bonds is 7. The summed E-state index contributed by atoms with van der Waals surface area (Å²) in [7, 11) is 0. The summed E-state index contributed by atoms with van der Waals surface area (Å²) in [6, 6.07) is -1.26. The lowest BCUT2D eigenvalue weighted by Crippen LogP contribution is -2.54. The molecule has 0 aromatic carbocycles. The van der Waals surface area contributed by atoms with Crippen LogP contribution in [-0.2, 0) is 23.9 Å². The number of carbonyl (C=O) groups is 3. The fourth-order valence-electron chi connectivity index (χ4n) is 2.83. The molecule has 126 valence electrons.